The van der Waals surface area contributed by atoms with Crippen molar-refractivity contribution in [3.63, 3.8) is 0 Å². The van der Waals surface area contributed by atoms with E-state index in [0.717, 1.165) is 19.3 Å². The Hall–Kier alpha value is -1.75. The first kappa shape index (κ1) is 13.2. The van der Waals surface area contributed by atoms with Gasteiger partial charge in [-0.05, 0) is 36.4 Å². The van der Waals surface area contributed by atoms with Crippen molar-refractivity contribution < 1.29 is 8.91 Å². The number of nitrogens with zero attached hydrogens (tertiary/aromatic N) is 2. The predicted molar refractivity (Wildman–Crippen MR) is 72.5 cm³/mol. The fraction of sp³-hybridized carbons (Fsp3) is 0.467. The second kappa shape index (κ2) is 5.32. The Balaban J connectivity index is 1.69. The lowest BCUT2D eigenvalue weighted by Crippen LogP contribution is -2.39. The summed E-state index contributed by atoms with van der Waals surface area (Å²) in [5.74, 6) is 0.898. The fourth-order valence-corrected chi connectivity index (χ4v) is 2.70. The molecule has 0 unspecified atom stereocenters. The van der Waals surface area contributed by atoms with Crippen LogP contribution in [0.5, 0.6) is 0 Å². The number of nitrogens with two attached hydrogens (primary N) is 1. The van der Waals surface area contributed by atoms with Crippen LogP contribution >= 0.6 is 0 Å². The number of benzene rings is 1. The van der Waals surface area contributed by atoms with Gasteiger partial charge < -0.3 is 10.3 Å². The molecule has 1 fully saturated rings. The van der Waals surface area contributed by atoms with E-state index in [1.165, 1.54) is 12.5 Å². The molecule has 1 saturated carbocycles. The lowest BCUT2D eigenvalue weighted by Gasteiger charge is -2.39. The first-order valence-corrected chi connectivity index (χ1v) is 6.96. The van der Waals surface area contributed by atoms with E-state index in [2.05, 4.69) is 10.1 Å². The third-order valence-electron chi connectivity index (χ3n) is 4.19. The van der Waals surface area contributed by atoms with Crippen LogP contribution in [0.3, 0.4) is 0 Å². The van der Waals surface area contributed by atoms with E-state index in [1.807, 2.05) is 0 Å². The van der Waals surface area contributed by atoms with Crippen LogP contribution in [0.4, 0.5) is 4.39 Å². The van der Waals surface area contributed by atoms with Crippen LogP contribution in [0, 0.1) is 11.2 Å². The summed E-state index contributed by atoms with van der Waals surface area (Å²) in [6.45, 7) is 0.651. The van der Waals surface area contributed by atoms with E-state index >= 15 is 0 Å². The van der Waals surface area contributed by atoms with Crippen molar-refractivity contribution in [2.24, 2.45) is 11.1 Å². The van der Waals surface area contributed by atoms with E-state index in [-0.39, 0.29) is 11.2 Å². The summed E-state index contributed by atoms with van der Waals surface area (Å²) in [4.78, 5) is 4.36. The van der Waals surface area contributed by atoms with Gasteiger partial charge in [0.1, 0.15) is 5.82 Å². The van der Waals surface area contributed by atoms with Gasteiger partial charge in [-0.1, -0.05) is 29.8 Å². The van der Waals surface area contributed by atoms with Crippen LogP contribution in [0.15, 0.2) is 28.8 Å². The summed E-state index contributed by atoms with van der Waals surface area (Å²) in [5, 5.41) is 3.94. The second-order valence-electron chi connectivity index (χ2n) is 5.61. The molecule has 3 rings (SSSR count). The largest absolute Gasteiger partial charge is 0.339 e. The Kier molecular flexibility index (Phi) is 3.53. The summed E-state index contributed by atoms with van der Waals surface area (Å²) < 4.78 is 18.8. The Morgan fingerprint density at radius 3 is 2.75 bits per heavy atom. The zero-order chi connectivity index (χ0) is 14.0. The third kappa shape index (κ3) is 2.58. The highest BCUT2D eigenvalue weighted by atomic mass is 19.1. The van der Waals surface area contributed by atoms with Crippen LogP contribution in [-0.2, 0) is 12.8 Å². The minimum absolute atomic E-state index is 0.141. The smallest absolute Gasteiger partial charge is 0.227 e. The van der Waals surface area contributed by atoms with Crippen molar-refractivity contribution in [3.8, 4) is 0 Å². The van der Waals surface area contributed by atoms with Gasteiger partial charge in [0, 0.05) is 12.8 Å². The Morgan fingerprint density at radius 1 is 1.30 bits per heavy atom. The average Bonchev–Trinajstić information content (AvgIpc) is 2.84. The SMILES string of the molecule is NCC1(Cc2nc(Cc3ccccc3F)no2)CCC1. The van der Waals surface area contributed by atoms with Gasteiger partial charge in [0.25, 0.3) is 0 Å². The minimum atomic E-state index is -0.240. The summed E-state index contributed by atoms with van der Waals surface area (Å²) in [7, 11) is 0. The molecule has 2 aromatic rings. The molecule has 0 bridgehead atoms. The quantitative estimate of drug-likeness (QED) is 0.910. The first-order valence-electron chi connectivity index (χ1n) is 6.96. The second-order valence-corrected chi connectivity index (χ2v) is 5.61. The Morgan fingerprint density at radius 2 is 2.10 bits per heavy atom. The standard InChI is InChI=1S/C15H18FN3O/c16-12-5-2-1-4-11(12)8-13-18-14(20-19-13)9-15(10-17)6-3-7-15/h1-2,4-5H,3,6-10,17H2. The van der Waals surface area contributed by atoms with E-state index in [0.29, 0.717) is 30.2 Å². The normalized spacial score (nSPS) is 16.9. The zero-order valence-electron chi connectivity index (χ0n) is 11.3. The summed E-state index contributed by atoms with van der Waals surface area (Å²) in [6.07, 6.45) is 4.54. The molecule has 1 aliphatic carbocycles. The van der Waals surface area contributed by atoms with Crippen LogP contribution in [-0.4, -0.2) is 16.7 Å². The third-order valence-corrected chi connectivity index (χ3v) is 4.19. The highest BCUT2D eigenvalue weighted by Gasteiger charge is 2.37. The van der Waals surface area contributed by atoms with E-state index in [9.17, 15) is 4.39 Å². The number of hydrogen-bond acceptors (Lipinski definition) is 4. The first-order chi connectivity index (χ1) is 9.71. The molecule has 0 spiro atoms. The summed E-state index contributed by atoms with van der Waals surface area (Å²) in [6, 6.07) is 6.64. The number of halogens is 1. The van der Waals surface area contributed by atoms with Crippen LogP contribution < -0.4 is 5.73 Å². The Labute approximate surface area is 117 Å². The average molecular weight is 275 g/mol. The van der Waals surface area contributed by atoms with E-state index in [4.69, 9.17) is 10.3 Å². The molecular weight excluding hydrogens is 257 g/mol. The van der Waals surface area contributed by atoms with Crippen molar-refractivity contribution >= 4 is 0 Å². The maximum atomic E-state index is 13.6. The van der Waals surface area contributed by atoms with Gasteiger partial charge in [-0.2, -0.15) is 4.98 Å². The summed E-state index contributed by atoms with van der Waals surface area (Å²) in [5.41, 5.74) is 6.55. The van der Waals surface area contributed by atoms with Crippen LogP contribution in [0.25, 0.3) is 0 Å². The summed E-state index contributed by atoms with van der Waals surface area (Å²) >= 11 is 0. The maximum Gasteiger partial charge on any atom is 0.227 e. The zero-order valence-corrected chi connectivity index (χ0v) is 11.3. The van der Waals surface area contributed by atoms with E-state index < -0.39 is 0 Å². The Bertz CT molecular complexity index is 587. The molecular formula is C15H18FN3O. The molecule has 1 heterocycles. The van der Waals surface area contributed by atoms with Crippen molar-refractivity contribution in [1.82, 2.24) is 10.1 Å². The molecule has 0 aliphatic heterocycles. The fourth-order valence-electron chi connectivity index (χ4n) is 2.70. The molecule has 1 aliphatic rings. The van der Waals surface area contributed by atoms with Crippen molar-refractivity contribution in [3.05, 3.63) is 47.4 Å². The van der Waals surface area contributed by atoms with Crippen molar-refractivity contribution in [1.29, 1.82) is 0 Å². The molecule has 20 heavy (non-hydrogen) atoms. The van der Waals surface area contributed by atoms with E-state index in [1.54, 1.807) is 18.2 Å². The highest BCUT2D eigenvalue weighted by Crippen LogP contribution is 2.42. The number of hydrogen-bond donors (Lipinski definition) is 1. The maximum absolute atomic E-state index is 13.6. The molecule has 2 N–H and O–H groups in total. The number of rotatable bonds is 5. The van der Waals surface area contributed by atoms with Gasteiger partial charge in [-0.25, -0.2) is 4.39 Å². The lowest BCUT2D eigenvalue weighted by molar-refractivity contribution is 0.129. The van der Waals surface area contributed by atoms with Gasteiger partial charge in [0.15, 0.2) is 5.82 Å². The topological polar surface area (TPSA) is 64.9 Å². The van der Waals surface area contributed by atoms with Crippen LogP contribution in [0.1, 0.15) is 36.5 Å². The van der Waals surface area contributed by atoms with Gasteiger partial charge in [0.05, 0.1) is 0 Å². The van der Waals surface area contributed by atoms with Gasteiger partial charge >= 0.3 is 0 Å². The molecule has 0 saturated heterocycles. The minimum Gasteiger partial charge on any atom is -0.339 e. The molecule has 4 nitrogen and oxygen atoms in total. The monoisotopic (exact) mass is 275 g/mol. The molecule has 1 aromatic carbocycles. The van der Waals surface area contributed by atoms with Gasteiger partial charge in [-0.15, -0.1) is 0 Å². The van der Waals surface area contributed by atoms with Gasteiger partial charge in [-0.3, -0.25) is 0 Å². The van der Waals surface area contributed by atoms with Crippen LogP contribution in [0.2, 0.25) is 0 Å². The molecule has 106 valence electrons. The molecule has 0 atom stereocenters. The van der Waals surface area contributed by atoms with Gasteiger partial charge in [0.2, 0.25) is 5.89 Å². The predicted octanol–water partition coefficient (Wildman–Crippen LogP) is 2.47. The molecule has 5 heteroatoms. The van der Waals surface area contributed by atoms with Crippen molar-refractivity contribution in [2.75, 3.05) is 6.54 Å². The molecule has 1 aromatic heterocycles. The lowest BCUT2D eigenvalue weighted by atomic mass is 9.67. The molecule has 0 radical (unpaired) electrons. The molecule has 0 amide bonds. The van der Waals surface area contributed by atoms with Crippen molar-refractivity contribution in [2.45, 2.75) is 32.1 Å². The number of aromatic nitrogens is 2. The highest BCUT2D eigenvalue weighted by molar-refractivity contribution is 5.20.